The number of rotatable bonds is 6. The van der Waals surface area contributed by atoms with Crippen molar-refractivity contribution in [2.24, 2.45) is 0 Å². The minimum Gasteiger partial charge on any atom is -0.387 e. The molecular formula is C18H24N2O3. The zero-order valence-corrected chi connectivity index (χ0v) is 13.7. The van der Waals surface area contributed by atoms with E-state index >= 15 is 0 Å². The van der Waals surface area contributed by atoms with E-state index < -0.39 is 6.10 Å². The molecule has 0 spiro atoms. The van der Waals surface area contributed by atoms with Crippen LogP contribution in [0.3, 0.4) is 0 Å². The first-order chi connectivity index (χ1) is 11.1. The van der Waals surface area contributed by atoms with Crippen molar-refractivity contribution in [1.29, 1.82) is 0 Å². The number of nitrogens with zero attached hydrogens (tertiary/aromatic N) is 2. The molecule has 1 aromatic heterocycles. The van der Waals surface area contributed by atoms with Gasteiger partial charge in [0, 0.05) is 25.2 Å². The van der Waals surface area contributed by atoms with E-state index in [1.54, 1.807) is 0 Å². The van der Waals surface area contributed by atoms with Gasteiger partial charge in [0.1, 0.15) is 5.76 Å². The van der Waals surface area contributed by atoms with Crippen LogP contribution in [0.15, 0.2) is 34.9 Å². The monoisotopic (exact) mass is 316 g/mol. The Kier molecular flexibility index (Phi) is 5.10. The average molecular weight is 316 g/mol. The van der Waals surface area contributed by atoms with Gasteiger partial charge in [-0.2, -0.15) is 0 Å². The number of hydrogen-bond donors (Lipinski definition) is 1. The van der Waals surface area contributed by atoms with Gasteiger partial charge in [0.05, 0.1) is 24.5 Å². The minimum atomic E-state index is -0.447. The third-order valence-electron chi connectivity index (χ3n) is 4.49. The predicted octanol–water partition coefficient (Wildman–Crippen LogP) is 2.62. The summed E-state index contributed by atoms with van der Waals surface area (Å²) in [5, 5.41) is 14.3. The first kappa shape index (κ1) is 16.2. The van der Waals surface area contributed by atoms with Crippen molar-refractivity contribution in [2.75, 3.05) is 19.6 Å². The molecule has 1 saturated heterocycles. The average Bonchev–Trinajstić information content (AvgIpc) is 3.13. The highest BCUT2D eigenvalue weighted by Crippen LogP contribution is 2.21. The molecule has 0 amide bonds. The molecule has 2 heterocycles. The second-order valence-electron chi connectivity index (χ2n) is 6.21. The summed E-state index contributed by atoms with van der Waals surface area (Å²) in [4.78, 5) is 2.26. The molecule has 1 aliphatic rings. The van der Waals surface area contributed by atoms with Crippen molar-refractivity contribution in [3.63, 3.8) is 0 Å². The number of likely N-dealkylation sites (tertiary alicyclic amines) is 1. The molecule has 124 valence electrons. The second-order valence-corrected chi connectivity index (χ2v) is 6.21. The van der Waals surface area contributed by atoms with Gasteiger partial charge in [-0.3, -0.25) is 4.90 Å². The summed E-state index contributed by atoms with van der Waals surface area (Å²) in [5.74, 6) is 0.830. The van der Waals surface area contributed by atoms with Crippen LogP contribution in [0, 0.1) is 13.8 Å². The molecule has 0 aliphatic carbocycles. The first-order valence-corrected chi connectivity index (χ1v) is 8.12. The Morgan fingerprint density at radius 1 is 1.35 bits per heavy atom. The van der Waals surface area contributed by atoms with Crippen LogP contribution in [-0.4, -0.2) is 40.9 Å². The number of aliphatic hydroxyl groups is 1. The quantitative estimate of drug-likeness (QED) is 0.888. The standard InChI is InChI=1S/C18H24N2O3/c1-13-17(14(2)23-19-13)12-22-16-8-9-20(10-16)11-18(21)15-6-4-3-5-7-15/h3-7,16,18,21H,8-12H2,1-2H3/t16?,18-/m1/s1. The van der Waals surface area contributed by atoms with Crippen LogP contribution in [0.1, 0.15) is 35.1 Å². The van der Waals surface area contributed by atoms with E-state index in [-0.39, 0.29) is 6.10 Å². The van der Waals surface area contributed by atoms with Gasteiger partial charge in [0.2, 0.25) is 0 Å². The molecule has 5 heteroatoms. The molecule has 0 bridgehead atoms. The highest BCUT2D eigenvalue weighted by Gasteiger charge is 2.25. The summed E-state index contributed by atoms with van der Waals surface area (Å²) >= 11 is 0. The molecule has 5 nitrogen and oxygen atoms in total. The summed E-state index contributed by atoms with van der Waals surface area (Å²) in [6.07, 6.45) is 0.745. The van der Waals surface area contributed by atoms with Gasteiger partial charge in [0.25, 0.3) is 0 Å². The van der Waals surface area contributed by atoms with Crippen LogP contribution in [0.2, 0.25) is 0 Å². The third kappa shape index (κ3) is 3.99. The largest absolute Gasteiger partial charge is 0.387 e. The molecule has 0 saturated carbocycles. The van der Waals surface area contributed by atoms with Crippen LogP contribution in [0.4, 0.5) is 0 Å². The number of aliphatic hydroxyl groups excluding tert-OH is 1. The fraction of sp³-hybridized carbons (Fsp3) is 0.500. The first-order valence-electron chi connectivity index (χ1n) is 8.12. The molecule has 0 radical (unpaired) electrons. The normalized spacial score (nSPS) is 20.0. The van der Waals surface area contributed by atoms with Crippen molar-refractivity contribution >= 4 is 0 Å². The highest BCUT2D eigenvalue weighted by atomic mass is 16.5. The fourth-order valence-corrected chi connectivity index (χ4v) is 3.03. The van der Waals surface area contributed by atoms with E-state index in [2.05, 4.69) is 10.1 Å². The summed E-state index contributed by atoms with van der Waals surface area (Å²) in [6, 6.07) is 9.80. The van der Waals surface area contributed by atoms with E-state index in [0.29, 0.717) is 13.2 Å². The van der Waals surface area contributed by atoms with Crippen LogP contribution in [-0.2, 0) is 11.3 Å². The molecule has 1 unspecified atom stereocenters. The number of benzene rings is 1. The number of aryl methyl sites for hydroxylation is 2. The smallest absolute Gasteiger partial charge is 0.139 e. The number of ether oxygens (including phenoxy) is 1. The zero-order chi connectivity index (χ0) is 16.2. The lowest BCUT2D eigenvalue weighted by Crippen LogP contribution is -2.28. The van der Waals surface area contributed by atoms with Crippen molar-refractivity contribution in [2.45, 2.75) is 39.1 Å². The zero-order valence-electron chi connectivity index (χ0n) is 13.7. The van der Waals surface area contributed by atoms with Gasteiger partial charge in [-0.15, -0.1) is 0 Å². The van der Waals surface area contributed by atoms with Crippen LogP contribution >= 0.6 is 0 Å². The molecule has 1 N–H and O–H groups in total. The van der Waals surface area contributed by atoms with Crippen LogP contribution in [0.25, 0.3) is 0 Å². The van der Waals surface area contributed by atoms with Crippen molar-refractivity contribution in [1.82, 2.24) is 10.1 Å². The Hall–Kier alpha value is -1.69. The van der Waals surface area contributed by atoms with Gasteiger partial charge in [0.15, 0.2) is 0 Å². The maximum Gasteiger partial charge on any atom is 0.139 e. The number of hydrogen-bond acceptors (Lipinski definition) is 5. The Morgan fingerprint density at radius 2 is 2.13 bits per heavy atom. The Bertz CT molecular complexity index is 607. The summed E-state index contributed by atoms with van der Waals surface area (Å²) in [7, 11) is 0. The molecule has 3 rings (SSSR count). The molecule has 1 fully saturated rings. The van der Waals surface area contributed by atoms with Crippen molar-refractivity contribution in [3.05, 3.63) is 52.9 Å². The minimum absolute atomic E-state index is 0.201. The lowest BCUT2D eigenvalue weighted by molar-refractivity contribution is 0.0409. The Morgan fingerprint density at radius 3 is 2.83 bits per heavy atom. The van der Waals surface area contributed by atoms with Gasteiger partial charge in [-0.1, -0.05) is 35.5 Å². The molecule has 2 atom stereocenters. The van der Waals surface area contributed by atoms with Crippen molar-refractivity contribution in [3.8, 4) is 0 Å². The van der Waals surface area contributed by atoms with Gasteiger partial charge < -0.3 is 14.4 Å². The van der Waals surface area contributed by atoms with Gasteiger partial charge in [-0.05, 0) is 25.8 Å². The fourth-order valence-electron chi connectivity index (χ4n) is 3.03. The Balaban J connectivity index is 1.47. The van der Waals surface area contributed by atoms with E-state index in [1.807, 2.05) is 44.2 Å². The second kappa shape index (κ2) is 7.25. The summed E-state index contributed by atoms with van der Waals surface area (Å²) in [5.41, 5.74) is 2.91. The van der Waals surface area contributed by atoms with E-state index in [4.69, 9.17) is 9.26 Å². The van der Waals surface area contributed by atoms with Crippen molar-refractivity contribution < 1.29 is 14.4 Å². The van der Waals surface area contributed by atoms with E-state index in [9.17, 15) is 5.11 Å². The molecule has 2 aromatic rings. The Labute approximate surface area is 136 Å². The van der Waals surface area contributed by atoms with Crippen LogP contribution < -0.4 is 0 Å². The molecular weight excluding hydrogens is 292 g/mol. The molecule has 1 aromatic carbocycles. The number of β-amino-alcohol motifs (C(OH)–C–C–N with tert-alkyl or cyclic N) is 1. The predicted molar refractivity (Wildman–Crippen MR) is 87.0 cm³/mol. The lowest BCUT2D eigenvalue weighted by atomic mass is 10.1. The topological polar surface area (TPSA) is 58.7 Å². The maximum absolute atomic E-state index is 10.3. The lowest BCUT2D eigenvalue weighted by Gasteiger charge is -2.20. The SMILES string of the molecule is Cc1noc(C)c1COC1CCN(C[C@@H](O)c2ccccc2)C1. The van der Waals surface area contributed by atoms with Gasteiger partial charge >= 0.3 is 0 Å². The third-order valence-corrected chi connectivity index (χ3v) is 4.49. The highest BCUT2D eigenvalue weighted by molar-refractivity contribution is 5.19. The summed E-state index contributed by atoms with van der Waals surface area (Å²) in [6.45, 7) is 6.85. The van der Waals surface area contributed by atoms with Gasteiger partial charge in [-0.25, -0.2) is 0 Å². The molecule has 23 heavy (non-hydrogen) atoms. The van der Waals surface area contributed by atoms with E-state index in [0.717, 1.165) is 42.1 Å². The molecule has 1 aliphatic heterocycles. The number of aromatic nitrogens is 1. The maximum atomic E-state index is 10.3. The van der Waals surface area contributed by atoms with Crippen LogP contribution in [0.5, 0.6) is 0 Å². The summed E-state index contributed by atoms with van der Waals surface area (Å²) < 4.78 is 11.2. The van der Waals surface area contributed by atoms with E-state index in [1.165, 1.54) is 0 Å².